The highest BCUT2D eigenvalue weighted by Crippen LogP contribution is 2.31. The fraction of sp³-hybridized carbons (Fsp3) is 0.257. The summed E-state index contributed by atoms with van der Waals surface area (Å²) in [5.41, 5.74) is 2.73. The van der Waals surface area contributed by atoms with Crippen molar-refractivity contribution in [3.05, 3.63) is 129 Å². The van der Waals surface area contributed by atoms with E-state index in [0.717, 1.165) is 38.3 Å². The molecule has 236 valence electrons. The van der Waals surface area contributed by atoms with E-state index in [4.69, 9.17) is 11.6 Å². The van der Waals surface area contributed by atoms with Gasteiger partial charge in [-0.25, -0.2) is 8.42 Å². The molecule has 1 atom stereocenters. The summed E-state index contributed by atoms with van der Waals surface area (Å²) in [5.74, 6) is -0.844. The molecule has 2 amide bonds. The van der Waals surface area contributed by atoms with Gasteiger partial charge in [0.2, 0.25) is 11.8 Å². The third-order valence-electron chi connectivity index (χ3n) is 7.38. The van der Waals surface area contributed by atoms with Gasteiger partial charge in [-0.05, 0) is 60.9 Å². The smallest absolute Gasteiger partial charge is 0.264 e. The zero-order valence-electron chi connectivity index (χ0n) is 25.3. The number of sulfonamides is 1. The first kappa shape index (κ1) is 34.2. The second kappa shape index (κ2) is 16.1. The van der Waals surface area contributed by atoms with E-state index in [1.807, 2.05) is 68.4 Å². The molecule has 4 aromatic rings. The molecule has 0 heterocycles. The van der Waals surface area contributed by atoms with Crippen molar-refractivity contribution in [2.45, 2.75) is 50.6 Å². The van der Waals surface area contributed by atoms with Crippen LogP contribution in [-0.4, -0.2) is 44.3 Å². The Morgan fingerprint density at radius 1 is 0.867 bits per heavy atom. The number of hydrogen-bond acceptors (Lipinski definition) is 4. The summed E-state index contributed by atoms with van der Waals surface area (Å²) in [6.07, 6.45) is 1.94. The minimum absolute atomic E-state index is 0.0263. The highest BCUT2D eigenvalue weighted by Gasteiger charge is 2.35. The molecule has 4 aromatic carbocycles. The summed E-state index contributed by atoms with van der Waals surface area (Å²) in [4.78, 5) is 29.8. The summed E-state index contributed by atoms with van der Waals surface area (Å²) in [5, 5.41) is 3.18. The van der Waals surface area contributed by atoms with Gasteiger partial charge in [-0.3, -0.25) is 13.9 Å². The van der Waals surface area contributed by atoms with Crippen LogP contribution < -0.4 is 9.62 Å². The van der Waals surface area contributed by atoms with Crippen LogP contribution in [0.4, 0.5) is 5.69 Å². The SMILES string of the molecule is CCCCNC(=O)[C@H](Cc1ccccc1)N(Cc1ccc(Br)cc1)C(=O)CN(c1ccccc1Cl)S(=O)(=O)c1ccc(C)cc1. The molecule has 0 aromatic heterocycles. The first-order valence-corrected chi connectivity index (χ1v) is 17.4. The molecule has 7 nitrogen and oxygen atoms in total. The predicted octanol–water partition coefficient (Wildman–Crippen LogP) is 7.16. The molecule has 0 fully saturated rings. The van der Waals surface area contributed by atoms with Crippen LogP contribution in [0.2, 0.25) is 5.02 Å². The number of unbranched alkanes of at least 4 members (excludes halogenated alkanes) is 1. The largest absolute Gasteiger partial charge is 0.354 e. The molecule has 0 bridgehead atoms. The van der Waals surface area contributed by atoms with Crippen LogP contribution in [0.3, 0.4) is 0 Å². The van der Waals surface area contributed by atoms with E-state index in [1.165, 1.54) is 17.0 Å². The fourth-order valence-corrected chi connectivity index (χ4v) is 6.84. The number of rotatable bonds is 14. The second-order valence-corrected chi connectivity index (χ2v) is 14.0. The molecule has 0 aliphatic carbocycles. The fourth-order valence-electron chi connectivity index (χ4n) is 4.85. The van der Waals surface area contributed by atoms with Crippen LogP contribution in [0.25, 0.3) is 0 Å². The van der Waals surface area contributed by atoms with Gasteiger partial charge in [0.05, 0.1) is 15.6 Å². The third kappa shape index (κ3) is 9.19. The van der Waals surface area contributed by atoms with Crippen molar-refractivity contribution in [2.75, 3.05) is 17.4 Å². The maximum Gasteiger partial charge on any atom is 0.264 e. The number of nitrogens with zero attached hydrogens (tertiary/aromatic N) is 2. The van der Waals surface area contributed by atoms with Gasteiger partial charge in [0.1, 0.15) is 12.6 Å². The van der Waals surface area contributed by atoms with Crippen LogP contribution in [0.15, 0.2) is 112 Å². The lowest BCUT2D eigenvalue weighted by Gasteiger charge is -2.34. The van der Waals surface area contributed by atoms with E-state index >= 15 is 0 Å². The van der Waals surface area contributed by atoms with Gasteiger partial charge in [-0.2, -0.15) is 0 Å². The van der Waals surface area contributed by atoms with Gasteiger partial charge >= 0.3 is 0 Å². The number of hydrogen-bond donors (Lipinski definition) is 1. The van der Waals surface area contributed by atoms with E-state index in [-0.39, 0.29) is 34.5 Å². The molecule has 0 saturated heterocycles. The monoisotopic (exact) mass is 709 g/mol. The molecule has 1 N–H and O–H groups in total. The van der Waals surface area contributed by atoms with Crippen molar-refractivity contribution >= 4 is 55.1 Å². The average Bonchev–Trinajstić information content (AvgIpc) is 3.03. The first-order chi connectivity index (χ1) is 21.6. The molecule has 0 saturated carbocycles. The maximum absolute atomic E-state index is 14.5. The molecular formula is C35H37BrClN3O4S. The van der Waals surface area contributed by atoms with Crippen LogP contribution in [-0.2, 0) is 32.6 Å². The third-order valence-corrected chi connectivity index (χ3v) is 10.00. The quantitative estimate of drug-likeness (QED) is 0.141. The summed E-state index contributed by atoms with van der Waals surface area (Å²) >= 11 is 9.99. The van der Waals surface area contributed by atoms with Crippen molar-refractivity contribution in [3.8, 4) is 0 Å². The predicted molar refractivity (Wildman–Crippen MR) is 184 cm³/mol. The Morgan fingerprint density at radius 3 is 2.16 bits per heavy atom. The van der Waals surface area contributed by atoms with Crippen molar-refractivity contribution in [1.82, 2.24) is 10.2 Å². The Balaban J connectivity index is 1.79. The van der Waals surface area contributed by atoms with Gasteiger partial charge in [-0.15, -0.1) is 0 Å². The van der Waals surface area contributed by atoms with Crippen molar-refractivity contribution in [3.63, 3.8) is 0 Å². The normalized spacial score (nSPS) is 11.9. The minimum atomic E-state index is -4.23. The van der Waals surface area contributed by atoms with Crippen LogP contribution in [0, 0.1) is 6.92 Å². The molecule has 0 aliphatic heterocycles. The lowest BCUT2D eigenvalue weighted by Crippen LogP contribution is -2.53. The number of halogens is 2. The number of nitrogens with one attached hydrogen (secondary N) is 1. The molecule has 4 rings (SSSR count). The number of aryl methyl sites for hydroxylation is 1. The number of carbonyl (C=O) groups is 2. The number of para-hydroxylation sites is 1. The summed E-state index contributed by atoms with van der Waals surface area (Å²) < 4.78 is 30.2. The molecule has 0 spiro atoms. The van der Waals surface area contributed by atoms with E-state index in [2.05, 4.69) is 21.2 Å². The van der Waals surface area contributed by atoms with Gasteiger partial charge in [0.25, 0.3) is 10.0 Å². The van der Waals surface area contributed by atoms with Crippen LogP contribution in [0.1, 0.15) is 36.5 Å². The van der Waals surface area contributed by atoms with Crippen molar-refractivity contribution < 1.29 is 18.0 Å². The minimum Gasteiger partial charge on any atom is -0.354 e. The highest BCUT2D eigenvalue weighted by atomic mass is 79.9. The van der Waals surface area contributed by atoms with E-state index in [9.17, 15) is 18.0 Å². The zero-order valence-corrected chi connectivity index (χ0v) is 28.5. The molecule has 0 radical (unpaired) electrons. The molecule has 0 unspecified atom stereocenters. The standard InChI is InChI=1S/C35H37BrClN3O4S/c1-3-4-22-38-35(42)33(23-27-10-6-5-7-11-27)39(24-28-16-18-29(36)19-17-28)34(41)25-40(32-13-9-8-12-31(32)37)45(43,44)30-20-14-26(2)15-21-30/h5-21,33H,3-4,22-25H2,1-2H3,(H,38,42)/t33-/m0/s1. The van der Waals surface area contributed by atoms with Crippen molar-refractivity contribution in [2.24, 2.45) is 0 Å². The molecule has 0 aliphatic rings. The van der Waals surface area contributed by atoms with E-state index < -0.39 is 28.5 Å². The Bertz CT molecular complexity index is 1680. The number of amides is 2. The number of carbonyl (C=O) groups excluding carboxylic acids is 2. The Hall–Kier alpha value is -3.66. The van der Waals surface area contributed by atoms with Gasteiger partial charge in [0.15, 0.2) is 0 Å². The van der Waals surface area contributed by atoms with Crippen LogP contribution >= 0.6 is 27.5 Å². The van der Waals surface area contributed by atoms with Crippen molar-refractivity contribution in [1.29, 1.82) is 0 Å². The topological polar surface area (TPSA) is 86.8 Å². The highest BCUT2D eigenvalue weighted by molar-refractivity contribution is 9.10. The first-order valence-electron chi connectivity index (χ1n) is 14.8. The molecule has 10 heteroatoms. The van der Waals surface area contributed by atoms with Gasteiger partial charge < -0.3 is 10.2 Å². The summed E-state index contributed by atoms with van der Waals surface area (Å²) in [7, 11) is -4.23. The van der Waals surface area contributed by atoms with Gasteiger partial charge in [-0.1, -0.05) is 113 Å². The Morgan fingerprint density at radius 2 is 1.51 bits per heavy atom. The van der Waals surface area contributed by atoms with Gasteiger partial charge in [0, 0.05) is 24.0 Å². The zero-order chi connectivity index (χ0) is 32.4. The lowest BCUT2D eigenvalue weighted by atomic mass is 10.0. The number of benzene rings is 4. The van der Waals surface area contributed by atoms with Crippen LogP contribution in [0.5, 0.6) is 0 Å². The maximum atomic E-state index is 14.5. The second-order valence-electron chi connectivity index (χ2n) is 10.8. The number of anilines is 1. The lowest BCUT2D eigenvalue weighted by molar-refractivity contribution is -0.140. The average molecular weight is 711 g/mol. The Kier molecular flexibility index (Phi) is 12.2. The molecular weight excluding hydrogens is 674 g/mol. The Labute approximate surface area is 279 Å². The summed E-state index contributed by atoms with van der Waals surface area (Å²) in [6.45, 7) is 3.89. The van der Waals surface area contributed by atoms with E-state index in [1.54, 1.807) is 36.4 Å². The molecule has 45 heavy (non-hydrogen) atoms. The summed E-state index contributed by atoms with van der Waals surface area (Å²) in [6, 6.07) is 29.0. The van der Waals surface area contributed by atoms with E-state index in [0.29, 0.717) is 6.54 Å².